The zero-order valence-electron chi connectivity index (χ0n) is 10.4. The third-order valence-electron chi connectivity index (χ3n) is 3.34. The Labute approximate surface area is 117 Å². The van der Waals surface area contributed by atoms with Gasteiger partial charge in [-0.3, -0.25) is 4.79 Å². The Kier molecular flexibility index (Phi) is 5.26. The number of carbonyl (C=O) groups excluding carboxylic acids is 1. The second-order valence-corrected chi connectivity index (χ2v) is 4.74. The lowest BCUT2D eigenvalue weighted by Gasteiger charge is -2.22. The van der Waals surface area contributed by atoms with Gasteiger partial charge in [0.25, 0.3) is 6.43 Å². The summed E-state index contributed by atoms with van der Waals surface area (Å²) in [6.45, 7) is 0. The van der Waals surface area contributed by atoms with Crippen LogP contribution < -0.4 is 11.1 Å². The summed E-state index contributed by atoms with van der Waals surface area (Å²) in [5.41, 5.74) is 5.41. The fourth-order valence-corrected chi connectivity index (χ4v) is 2.24. The molecule has 1 amide bonds. The van der Waals surface area contributed by atoms with Crippen LogP contribution in [0.15, 0.2) is 24.3 Å². The highest BCUT2D eigenvalue weighted by Crippen LogP contribution is 2.29. The third kappa shape index (κ3) is 3.64. The van der Waals surface area contributed by atoms with Crippen LogP contribution in [-0.2, 0) is 4.79 Å². The van der Waals surface area contributed by atoms with Gasteiger partial charge in [0, 0.05) is 11.3 Å². The number of halogens is 3. The molecule has 0 aromatic heterocycles. The van der Waals surface area contributed by atoms with Gasteiger partial charge >= 0.3 is 0 Å². The van der Waals surface area contributed by atoms with E-state index in [0.717, 1.165) is 12.8 Å². The second-order valence-electron chi connectivity index (χ2n) is 4.74. The first-order chi connectivity index (χ1) is 8.51. The molecule has 1 aromatic carbocycles. The number of benzene rings is 1. The summed E-state index contributed by atoms with van der Waals surface area (Å²) in [5.74, 6) is -0.286. The molecule has 0 unspecified atom stereocenters. The van der Waals surface area contributed by atoms with Crippen molar-refractivity contribution in [3.63, 3.8) is 0 Å². The highest BCUT2D eigenvalue weighted by Gasteiger charge is 2.36. The summed E-state index contributed by atoms with van der Waals surface area (Å²) in [4.78, 5) is 12.0. The molecule has 0 radical (unpaired) electrons. The fourth-order valence-electron chi connectivity index (χ4n) is 2.24. The number of hydrogen-bond acceptors (Lipinski definition) is 2. The summed E-state index contributed by atoms with van der Waals surface area (Å²) in [5, 5.41) is 2.62. The van der Waals surface area contributed by atoms with Gasteiger partial charge in [-0.25, -0.2) is 8.78 Å². The molecule has 3 nitrogen and oxygen atoms in total. The van der Waals surface area contributed by atoms with Crippen LogP contribution in [0.5, 0.6) is 0 Å². The first-order valence-corrected chi connectivity index (χ1v) is 6.00. The summed E-state index contributed by atoms with van der Waals surface area (Å²) in [6, 6.07) is 5.69. The van der Waals surface area contributed by atoms with Crippen LogP contribution in [0, 0.1) is 0 Å². The van der Waals surface area contributed by atoms with Crippen molar-refractivity contribution in [2.75, 3.05) is 5.32 Å². The van der Waals surface area contributed by atoms with Gasteiger partial charge in [-0.1, -0.05) is 25.0 Å². The first kappa shape index (κ1) is 15.9. The van der Waals surface area contributed by atoms with E-state index in [9.17, 15) is 13.6 Å². The highest BCUT2D eigenvalue weighted by atomic mass is 35.5. The van der Waals surface area contributed by atoms with Crippen LogP contribution in [0.4, 0.5) is 14.5 Å². The van der Waals surface area contributed by atoms with E-state index in [2.05, 4.69) is 5.32 Å². The highest BCUT2D eigenvalue weighted by molar-refractivity contribution is 5.98. The number of carbonyl (C=O) groups is 1. The molecule has 1 aliphatic rings. The van der Waals surface area contributed by atoms with Crippen LogP contribution in [0.3, 0.4) is 0 Å². The van der Waals surface area contributed by atoms with E-state index in [0.29, 0.717) is 18.5 Å². The van der Waals surface area contributed by atoms with Gasteiger partial charge in [-0.15, -0.1) is 12.4 Å². The van der Waals surface area contributed by atoms with E-state index >= 15 is 0 Å². The number of rotatable bonds is 3. The largest absolute Gasteiger partial charge is 0.324 e. The Morgan fingerprint density at radius 3 is 2.53 bits per heavy atom. The Hall–Kier alpha value is -1.20. The summed E-state index contributed by atoms with van der Waals surface area (Å²) >= 11 is 0. The van der Waals surface area contributed by atoms with Gasteiger partial charge in [0.1, 0.15) is 0 Å². The Bertz CT molecular complexity index is 448. The van der Waals surface area contributed by atoms with Crippen LogP contribution >= 0.6 is 12.4 Å². The second kappa shape index (κ2) is 6.30. The molecule has 0 saturated heterocycles. The first-order valence-electron chi connectivity index (χ1n) is 6.00. The molecule has 1 fully saturated rings. The number of alkyl halides is 2. The maximum absolute atomic E-state index is 12.5. The van der Waals surface area contributed by atoms with Gasteiger partial charge in [0.15, 0.2) is 0 Å². The standard InChI is InChI=1S/C13H16F2N2O.ClH/c14-11(15)9-4-3-5-10(8-9)17-12(18)13(16)6-1-2-7-13;/h3-5,8,11H,1-2,6-7,16H2,(H,17,18);1H. The van der Waals surface area contributed by atoms with E-state index in [-0.39, 0.29) is 23.9 Å². The molecule has 2 rings (SSSR count). The Morgan fingerprint density at radius 1 is 1.32 bits per heavy atom. The monoisotopic (exact) mass is 290 g/mol. The Morgan fingerprint density at radius 2 is 1.95 bits per heavy atom. The zero-order chi connectivity index (χ0) is 13.2. The van der Waals surface area contributed by atoms with Gasteiger partial charge in [-0.05, 0) is 25.0 Å². The molecule has 6 heteroatoms. The third-order valence-corrected chi connectivity index (χ3v) is 3.34. The number of nitrogens with two attached hydrogens (primary N) is 1. The maximum atomic E-state index is 12.5. The molecule has 1 saturated carbocycles. The molecule has 0 heterocycles. The molecule has 0 atom stereocenters. The molecular weight excluding hydrogens is 274 g/mol. The minimum absolute atomic E-state index is 0. The molecule has 3 N–H and O–H groups in total. The molecule has 0 bridgehead atoms. The van der Waals surface area contributed by atoms with Crippen LogP contribution in [0.2, 0.25) is 0 Å². The van der Waals surface area contributed by atoms with Crippen molar-refractivity contribution in [2.45, 2.75) is 37.6 Å². The van der Waals surface area contributed by atoms with E-state index < -0.39 is 12.0 Å². The van der Waals surface area contributed by atoms with Crippen LogP contribution in [0.1, 0.15) is 37.7 Å². The molecular formula is C13H17ClF2N2O. The van der Waals surface area contributed by atoms with Crippen molar-refractivity contribution in [1.29, 1.82) is 0 Å². The average molecular weight is 291 g/mol. The van der Waals surface area contributed by atoms with Crippen molar-refractivity contribution in [3.05, 3.63) is 29.8 Å². The lowest BCUT2D eigenvalue weighted by atomic mass is 9.98. The molecule has 0 aliphatic heterocycles. The summed E-state index contributed by atoms with van der Waals surface area (Å²) in [7, 11) is 0. The minimum Gasteiger partial charge on any atom is -0.324 e. The topological polar surface area (TPSA) is 55.1 Å². The van der Waals surface area contributed by atoms with Crippen molar-refractivity contribution >= 4 is 24.0 Å². The van der Waals surface area contributed by atoms with Crippen molar-refractivity contribution in [3.8, 4) is 0 Å². The zero-order valence-corrected chi connectivity index (χ0v) is 11.2. The smallest absolute Gasteiger partial charge is 0.263 e. The van der Waals surface area contributed by atoms with Gasteiger partial charge in [-0.2, -0.15) is 0 Å². The number of hydrogen-bond donors (Lipinski definition) is 2. The minimum atomic E-state index is -2.54. The average Bonchev–Trinajstić information content (AvgIpc) is 2.78. The van der Waals surface area contributed by atoms with E-state index in [1.807, 2.05) is 0 Å². The fraction of sp³-hybridized carbons (Fsp3) is 0.462. The molecule has 1 aliphatic carbocycles. The van der Waals surface area contributed by atoms with E-state index in [4.69, 9.17) is 5.73 Å². The van der Waals surface area contributed by atoms with Gasteiger partial charge in [0.05, 0.1) is 5.54 Å². The summed E-state index contributed by atoms with van der Waals surface area (Å²) < 4.78 is 25.0. The molecule has 19 heavy (non-hydrogen) atoms. The van der Waals surface area contributed by atoms with Crippen molar-refractivity contribution in [2.24, 2.45) is 5.73 Å². The van der Waals surface area contributed by atoms with Crippen LogP contribution in [-0.4, -0.2) is 11.4 Å². The normalized spacial score (nSPS) is 17.1. The molecule has 0 spiro atoms. The van der Waals surface area contributed by atoms with E-state index in [1.165, 1.54) is 18.2 Å². The Balaban J connectivity index is 0.00000180. The maximum Gasteiger partial charge on any atom is 0.263 e. The number of amides is 1. The van der Waals surface area contributed by atoms with Crippen molar-refractivity contribution < 1.29 is 13.6 Å². The van der Waals surface area contributed by atoms with Gasteiger partial charge in [0.2, 0.25) is 5.91 Å². The SMILES string of the molecule is Cl.NC1(C(=O)Nc2cccc(C(F)F)c2)CCCC1. The predicted octanol–water partition coefficient (Wildman–Crippen LogP) is 3.26. The van der Waals surface area contributed by atoms with E-state index in [1.54, 1.807) is 6.07 Å². The lowest BCUT2D eigenvalue weighted by molar-refractivity contribution is -0.121. The molecule has 106 valence electrons. The lowest BCUT2D eigenvalue weighted by Crippen LogP contribution is -2.48. The molecule has 1 aromatic rings. The van der Waals surface area contributed by atoms with Crippen LogP contribution in [0.25, 0.3) is 0 Å². The van der Waals surface area contributed by atoms with Crippen molar-refractivity contribution in [1.82, 2.24) is 0 Å². The summed E-state index contributed by atoms with van der Waals surface area (Å²) in [6.07, 6.45) is 0.614. The van der Waals surface area contributed by atoms with Gasteiger partial charge < -0.3 is 11.1 Å². The number of nitrogens with one attached hydrogen (secondary N) is 1. The number of anilines is 1. The predicted molar refractivity (Wildman–Crippen MR) is 72.7 cm³/mol. The quantitative estimate of drug-likeness (QED) is 0.898.